The summed E-state index contributed by atoms with van der Waals surface area (Å²) in [5, 5.41) is 3.48. The maximum absolute atomic E-state index is 9.89. The van der Waals surface area contributed by atoms with Crippen LogP contribution in [0.25, 0.3) is 5.32 Å². The first-order valence-corrected chi connectivity index (χ1v) is 3.68. The molecule has 60 valence electrons. The van der Waals surface area contributed by atoms with E-state index in [9.17, 15) is 8.42 Å². The van der Waals surface area contributed by atoms with Gasteiger partial charge >= 0.3 is 17.1 Å². The Balaban J connectivity index is 0. The summed E-state index contributed by atoms with van der Waals surface area (Å²) < 4.78 is 27.8. The summed E-state index contributed by atoms with van der Waals surface area (Å²) in [5.74, 6) is -0.274. The number of rotatable bonds is 3. The van der Waals surface area contributed by atoms with Gasteiger partial charge in [-0.25, -0.2) is 0 Å². The molecular formula is C3H8CuNO3S. The Morgan fingerprint density at radius 3 is 2.11 bits per heavy atom. The molecule has 0 saturated heterocycles. The average molecular weight is 202 g/mol. The second-order valence-electron chi connectivity index (χ2n) is 1.33. The Kier molecular flexibility index (Phi) is 6.99. The molecule has 0 aromatic rings. The van der Waals surface area contributed by atoms with E-state index in [0.717, 1.165) is 0 Å². The fourth-order valence-electron chi connectivity index (χ4n) is 0.207. The normalized spacial score (nSPS) is 10.4. The molecule has 0 saturated carbocycles. The maximum Gasteiger partial charge on any atom is 1.00 e. The van der Waals surface area contributed by atoms with E-state index in [1.54, 1.807) is 0 Å². The van der Waals surface area contributed by atoms with Crippen LogP contribution in [0, 0.1) is 0 Å². The molecule has 0 aliphatic rings. The van der Waals surface area contributed by atoms with Crippen molar-refractivity contribution < 1.29 is 30.0 Å². The first kappa shape index (κ1) is 12.1. The van der Waals surface area contributed by atoms with Crippen molar-refractivity contribution in [2.24, 2.45) is 0 Å². The third-order valence-corrected chi connectivity index (χ3v) is 1.27. The largest absolute Gasteiger partial charge is 1.00 e. The Hall–Kier alpha value is 0.389. The van der Waals surface area contributed by atoms with Crippen LogP contribution in [-0.4, -0.2) is 32.3 Å². The monoisotopic (exact) mass is 201 g/mol. The van der Waals surface area contributed by atoms with E-state index < -0.39 is 10.1 Å². The molecule has 0 spiro atoms. The molecule has 0 heterocycles. The van der Waals surface area contributed by atoms with Crippen LogP contribution in [0.1, 0.15) is 0 Å². The van der Waals surface area contributed by atoms with Gasteiger partial charge in [0, 0.05) is 0 Å². The Labute approximate surface area is 65.2 Å². The molecule has 0 unspecified atom stereocenters. The van der Waals surface area contributed by atoms with Crippen molar-refractivity contribution in [1.82, 2.24) is 0 Å². The zero-order valence-electron chi connectivity index (χ0n) is 4.83. The van der Waals surface area contributed by atoms with Crippen LogP contribution >= 0.6 is 0 Å². The smallest absolute Gasteiger partial charge is 0.664 e. The van der Waals surface area contributed by atoms with Gasteiger partial charge in [0.05, 0.1) is 5.75 Å². The van der Waals surface area contributed by atoms with Crippen LogP contribution in [0.5, 0.6) is 0 Å². The van der Waals surface area contributed by atoms with Crippen molar-refractivity contribution in [2.75, 3.05) is 19.3 Å². The van der Waals surface area contributed by atoms with Crippen LogP contribution in [0.4, 0.5) is 0 Å². The minimum Gasteiger partial charge on any atom is -0.664 e. The van der Waals surface area contributed by atoms with Gasteiger partial charge in [0.2, 0.25) is 0 Å². The van der Waals surface area contributed by atoms with Gasteiger partial charge in [-0.05, 0) is 0 Å². The summed E-state index contributed by atoms with van der Waals surface area (Å²) in [6.07, 6.45) is 0. The topological polar surface area (TPSA) is 68.5 Å². The summed E-state index contributed by atoms with van der Waals surface area (Å²) in [5.41, 5.74) is 0. The number of nitrogens with zero attached hydrogens (tertiary/aromatic N) is 1. The van der Waals surface area contributed by atoms with E-state index in [4.69, 9.17) is 4.55 Å². The third-order valence-electron chi connectivity index (χ3n) is 0.573. The molecule has 0 aliphatic carbocycles. The van der Waals surface area contributed by atoms with E-state index in [1.165, 1.54) is 7.05 Å². The Morgan fingerprint density at radius 1 is 1.56 bits per heavy atom. The molecule has 0 aromatic carbocycles. The molecule has 0 fully saturated rings. The summed E-state index contributed by atoms with van der Waals surface area (Å²) in [6.45, 7) is 0.166. The molecule has 0 radical (unpaired) electrons. The predicted molar refractivity (Wildman–Crippen MR) is 30.6 cm³/mol. The van der Waals surface area contributed by atoms with Crippen LogP contribution in [0.15, 0.2) is 0 Å². The molecule has 0 aromatic heterocycles. The van der Waals surface area contributed by atoms with Crippen molar-refractivity contribution in [3.8, 4) is 0 Å². The van der Waals surface area contributed by atoms with Gasteiger partial charge < -0.3 is 5.32 Å². The SMILES string of the molecule is C[N-]CCS(=O)(=O)O.[Cu+]. The summed E-state index contributed by atoms with van der Waals surface area (Å²) in [4.78, 5) is 0. The summed E-state index contributed by atoms with van der Waals surface area (Å²) in [6, 6.07) is 0. The van der Waals surface area contributed by atoms with E-state index in [-0.39, 0.29) is 29.4 Å². The summed E-state index contributed by atoms with van der Waals surface area (Å²) >= 11 is 0. The van der Waals surface area contributed by atoms with Gasteiger partial charge in [0.15, 0.2) is 0 Å². The van der Waals surface area contributed by atoms with Crippen molar-refractivity contribution >= 4 is 10.1 Å². The van der Waals surface area contributed by atoms with Gasteiger partial charge in [-0.1, -0.05) is 0 Å². The van der Waals surface area contributed by atoms with E-state index >= 15 is 0 Å². The van der Waals surface area contributed by atoms with Crippen LogP contribution in [-0.2, 0) is 27.2 Å². The van der Waals surface area contributed by atoms with Gasteiger partial charge in [-0.3, -0.25) is 4.55 Å². The van der Waals surface area contributed by atoms with Crippen molar-refractivity contribution in [2.45, 2.75) is 0 Å². The second kappa shape index (κ2) is 5.20. The van der Waals surface area contributed by atoms with E-state index in [0.29, 0.717) is 0 Å². The quantitative estimate of drug-likeness (QED) is 0.511. The van der Waals surface area contributed by atoms with E-state index in [2.05, 4.69) is 5.32 Å². The molecule has 0 amide bonds. The van der Waals surface area contributed by atoms with Gasteiger partial charge in [-0.15, -0.1) is 6.54 Å². The predicted octanol–water partition coefficient (Wildman–Crippen LogP) is -0.125. The van der Waals surface area contributed by atoms with Gasteiger partial charge in [0.1, 0.15) is 0 Å². The van der Waals surface area contributed by atoms with Crippen molar-refractivity contribution in [3.63, 3.8) is 0 Å². The van der Waals surface area contributed by atoms with Crippen LogP contribution in [0.2, 0.25) is 0 Å². The first-order chi connectivity index (χ1) is 3.56. The number of hydrogen-bond acceptors (Lipinski definition) is 2. The average Bonchev–Trinajstić information content (AvgIpc) is 1.59. The van der Waals surface area contributed by atoms with Gasteiger partial charge in [0.25, 0.3) is 10.1 Å². The molecule has 1 N–H and O–H groups in total. The minimum absolute atomic E-state index is 0. The van der Waals surface area contributed by atoms with Crippen LogP contribution in [0.3, 0.4) is 0 Å². The second-order valence-corrected chi connectivity index (χ2v) is 2.90. The zero-order valence-corrected chi connectivity index (χ0v) is 6.59. The zero-order chi connectivity index (χ0) is 6.62. The van der Waals surface area contributed by atoms with E-state index in [1.807, 2.05) is 0 Å². The molecule has 0 bridgehead atoms. The van der Waals surface area contributed by atoms with Crippen molar-refractivity contribution in [1.29, 1.82) is 0 Å². The molecule has 6 heteroatoms. The number of hydrogen-bond donors (Lipinski definition) is 1. The maximum atomic E-state index is 9.89. The molecule has 4 nitrogen and oxygen atoms in total. The molecule has 9 heavy (non-hydrogen) atoms. The first-order valence-electron chi connectivity index (χ1n) is 2.07. The van der Waals surface area contributed by atoms with Gasteiger partial charge in [-0.2, -0.15) is 15.5 Å². The standard InChI is InChI=1S/C3H8NO3S.Cu/c1-4-2-3-8(5,6)7;/h2-3H2,1H3,(H,5,6,7);/q-1;+1. The van der Waals surface area contributed by atoms with Crippen molar-refractivity contribution in [3.05, 3.63) is 5.32 Å². The fourth-order valence-corrected chi connectivity index (χ4v) is 0.620. The Bertz CT molecular complexity index is 143. The molecular weight excluding hydrogens is 194 g/mol. The third kappa shape index (κ3) is 11.8. The Morgan fingerprint density at radius 2 is 2.00 bits per heavy atom. The summed E-state index contributed by atoms with van der Waals surface area (Å²) in [7, 11) is -2.29. The fraction of sp³-hybridized carbons (Fsp3) is 1.00. The van der Waals surface area contributed by atoms with Crippen LogP contribution < -0.4 is 0 Å². The molecule has 0 rings (SSSR count). The molecule has 0 atom stereocenters. The minimum atomic E-state index is -3.78. The molecule has 0 aliphatic heterocycles.